The molecule has 0 unspecified atom stereocenters. The second kappa shape index (κ2) is 7.38. The number of Topliss-reactive ketones (excluding diaryl/α,β-unsaturated/α-hetero) is 1. The van der Waals surface area contributed by atoms with Gasteiger partial charge in [-0.05, 0) is 42.1 Å². The Kier molecular flexibility index (Phi) is 4.44. The number of allylic oxidation sites excluding steroid dienone is 3. The van der Waals surface area contributed by atoms with Gasteiger partial charge in [-0.1, -0.05) is 42.5 Å². The molecule has 0 aliphatic heterocycles. The molecule has 0 saturated carbocycles. The first-order valence-electron chi connectivity index (χ1n) is 10.5. The summed E-state index contributed by atoms with van der Waals surface area (Å²) in [6.07, 6.45) is 1.91. The molecule has 3 aromatic heterocycles. The molecule has 6 heteroatoms. The van der Waals surface area contributed by atoms with Crippen LogP contribution in [0.25, 0.3) is 42.8 Å². The molecule has 0 saturated heterocycles. The first-order valence-corrected chi connectivity index (χ1v) is 12.1. The predicted octanol–water partition coefficient (Wildman–Crippen LogP) is 7.09. The molecule has 0 bridgehead atoms. The van der Waals surface area contributed by atoms with Gasteiger partial charge in [0, 0.05) is 38.9 Å². The molecule has 0 fully saturated rings. The number of hydrogen-bond donors (Lipinski definition) is 0. The number of hydrogen-bond acceptors (Lipinski definition) is 5. The molecule has 158 valence electrons. The fourth-order valence-corrected chi connectivity index (χ4v) is 6.51. The fourth-order valence-electron chi connectivity index (χ4n) is 4.42. The number of ketones is 1. The molecule has 1 aliphatic rings. The van der Waals surface area contributed by atoms with Gasteiger partial charge in [-0.3, -0.25) is 4.79 Å². The molecule has 1 aliphatic carbocycles. The Morgan fingerprint density at radius 1 is 1.06 bits per heavy atom. The van der Waals surface area contributed by atoms with Gasteiger partial charge in [0.2, 0.25) is 0 Å². The van der Waals surface area contributed by atoms with Gasteiger partial charge < -0.3 is 4.57 Å². The number of rotatable bonds is 2. The van der Waals surface area contributed by atoms with E-state index < -0.39 is 0 Å². The third kappa shape index (κ3) is 3.01. The molecule has 2 aromatic carbocycles. The number of carbonyl (C=O) groups excluding carboxylic acids is 1. The highest BCUT2D eigenvalue weighted by atomic mass is 32.1. The smallest absolute Gasteiger partial charge is 0.194 e. The quantitative estimate of drug-likeness (QED) is 0.207. The zero-order chi connectivity index (χ0) is 22.7. The summed E-state index contributed by atoms with van der Waals surface area (Å²) in [6.45, 7) is 1.77. The molecule has 0 radical (unpaired) electrons. The maximum absolute atomic E-state index is 13.1. The average Bonchev–Trinajstić information content (AvgIpc) is 3.56. The Hall–Kier alpha value is -3.79. The van der Waals surface area contributed by atoms with Crippen LogP contribution in [0.1, 0.15) is 27.7 Å². The van der Waals surface area contributed by atoms with E-state index in [4.69, 9.17) is 4.98 Å². The number of aromatic nitrogens is 2. The number of thiophene rings is 2. The first-order chi connectivity index (χ1) is 16.0. The molecule has 33 heavy (non-hydrogen) atoms. The topological polar surface area (TPSA) is 58.7 Å². The second-order valence-corrected chi connectivity index (χ2v) is 10.2. The summed E-state index contributed by atoms with van der Waals surface area (Å²) in [5, 5.41) is 10.8. The lowest BCUT2D eigenvalue weighted by atomic mass is 9.99. The van der Waals surface area contributed by atoms with Gasteiger partial charge in [-0.15, -0.1) is 22.7 Å². The van der Waals surface area contributed by atoms with Crippen LogP contribution in [0.3, 0.4) is 0 Å². The largest absolute Gasteiger partial charge is 0.326 e. The number of imidazole rings is 1. The molecule has 0 amide bonds. The van der Waals surface area contributed by atoms with Gasteiger partial charge in [0.25, 0.3) is 0 Å². The molecular formula is C27H17N3OS2. The minimum absolute atomic E-state index is 0.0356. The summed E-state index contributed by atoms with van der Waals surface area (Å²) in [6, 6.07) is 22.3. The van der Waals surface area contributed by atoms with Crippen LogP contribution < -0.4 is 0 Å². The lowest BCUT2D eigenvalue weighted by Gasteiger charge is -2.02. The zero-order valence-electron chi connectivity index (χ0n) is 17.9. The summed E-state index contributed by atoms with van der Waals surface area (Å²) < 4.78 is 3.36. The van der Waals surface area contributed by atoms with Crippen molar-refractivity contribution in [1.82, 2.24) is 9.55 Å². The lowest BCUT2D eigenvalue weighted by Crippen LogP contribution is -1.95. The standard InChI is InChI=1S/C27H17N3OS2/c1-15(14-28)24-18-8-4-5-9-19(18)25(31)20(24)12-17-13-21-27(32-17)29-26(30(21)2)23-11-16-7-3-6-10-22(16)33-23/h3-13H,1-2H3/b20-12-,24-15+. The Morgan fingerprint density at radius 3 is 2.58 bits per heavy atom. The molecule has 3 heterocycles. The van der Waals surface area contributed by atoms with Crippen LogP contribution in [-0.4, -0.2) is 15.3 Å². The number of fused-ring (bicyclic) bond motifs is 3. The van der Waals surface area contributed by atoms with Crippen molar-refractivity contribution in [2.45, 2.75) is 6.92 Å². The molecule has 0 spiro atoms. The van der Waals surface area contributed by atoms with E-state index in [0.29, 0.717) is 16.7 Å². The van der Waals surface area contributed by atoms with Gasteiger partial charge >= 0.3 is 0 Å². The van der Waals surface area contributed by atoms with E-state index in [0.717, 1.165) is 37.1 Å². The highest BCUT2D eigenvalue weighted by Gasteiger charge is 2.31. The monoisotopic (exact) mass is 463 g/mol. The van der Waals surface area contributed by atoms with Crippen molar-refractivity contribution in [1.29, 1.82) is 5.26 Å². The highest BCUT2D eigenvalue weighted by Crippen LogP contribution is 2.41. The molecule has 0 N–H and O–H groups in total. The molecule has 5 aromatic rings. The first kappa shape index (κ1) is 19.9. The van der Waals surface area contributed by atoms with Crippen molar-refractivity contribution in [2.75, 3.05) is 0 Å². The van der Waals surface area contributed by atoms with Gasteiger partial charge in [0.1, 0.15) is 4.83 Å². The number of nitriles is 1. The molecule has 4 nitrogen and oxygen atoms in total. The van der Waals surface area contributed by atoms with E-state index in [1.54, 1.807) is 29.6 Å². The van der Waals surface area contributed by atoms with Crippen molar-refractivity contribution in [3.05, 3.63) is 87.8 Å². The second-order valence-electron chi connectivity index (χ2n) is 8.03. The van der Waals surface area contributed by atoms with Crippen LogP contribution in [0.2, 0.25) is 0 Å². The van der Waals surface area contributed by atoms with Gasteiger partial charge in [0.15, 0.2) is 11.6 Å². The Morgan fingerprint density at radius 2 is 1.82 bits per heavy atom. The number of benzene rings is 2. The van der Waals surface area contributed by atoms with Gasteiger partial charge in [-0.2, -0.15) is 5.26 Å². The van der Waals surface area contributed by atoms with Crippen LogP contribution >= 0.6 is 22.7 Å². The highest BCUT2D eigenvalue weighted by molar-refractivity contribution is 7.22. The Bertz CT molecular complexity index is 1690. The Labute approximate surface area is 198 Å². The van der Waals surface area contributed by atoms with Gasteiger partial charge in [0.05, 0.1) is 16.5 Å². The SMILES string of the molecule is C/C(C#N)=C1\C(=C\c2cc3c(nc(-c4cc5ccccc5s4)n3C)s2)C(=O)c2ccccc21. The van der Waals surface area contributed by atoms with Crippen LogP contribution in [0, 0.1) is 11.3 Å². The van der Waals surface area contributed by atoms with E-state index in [1.807, 2.05) is 37.4 Å². The number of nitrogens with zero attached hydrogens (tertiary/aromatic N) is 3. The van der Waals surface area contributed by atoms with Crippen molar-refractivity contribution in [3.8, 4) is 16.8 Å². The fraction of sp³-hybridized carbons (Fsp3) is 0.0741. The third-order valence-corrected chi connectivity index (χ3v) is 8.11. The maximum Gasteiger partial charge on any atom is 0.194 e. The number of carbonyl (C=O) groups is 1. The summed E-state index contributed by atoms with van der Waals surface area (Å²) in [7, 11) is 2.03. The Balaban J connectivity index is 1.45. The lowest BCUT2D eigenvalue weighted by molar-refractivity contribution is 0.104. The summed E-state index contributed by atoms with van der Waals surface area (Å²) in [4.78, 5) is 21.1. The number of aryl methyl sites for hydroxylation is 1. The maximum atomic E-state index is 13.1. The summed E-state index contributed by atoms with van der Waals surface area (Å²) in [5.74, 6) is 0.911. The van der Waals surface area contributed by atoms with Crippen LogP contribution in [0.5, 0.6) is 0 Å². The van der Waals surface area contributed by atoms with Crippen LogP contribution in [0.15, 0.2) is 71.8 Å². The zero-order valence-corrected chi connectivity index (χ0v) is 19.6. The molecule has 0 atom stereocenters. The minimum atomic E-state index is -0.0356. The normalized spacial score (nSPS) is 16.0. The average molecular weight is 464 g/mol. The van der Waals surface area contributed by atoms with E-state index >= 15 is 0 Å². The van der Waals surface area contributed by atoms with Crippen molar-refractivity contribution < 1.29 is 4.79 Å². The van der Waals surface area contributed by atoms with E-state index in [1.165, 1.54) is 10.1 Å². The summed E-state index contributed by atoms with van der Waals surface area (Å²) in [5.41, 5.74) is 4.37. The minimum Gasteiger partial charge on any atom is -0.326 e. The van der Waals surface area contributed by atoms with Crippen molar-refractivity contribution in [2.24, 2.45) is 7.05 Å². The van der Waals surface area contributed by atoms with Crippen LogP contribution in [-0.2, 0) is 7.05 Å². The van der Waals surface area contributed by atoms with Crippen LogP contribution in [0.4, 0.5) is 0 Å². The van der Waals surface area contributed by atoms with Gasteiger partial charge in [-0.25, -0.2) is 4.98 Å². The van der Waals surface area contributed by atoms with E-state index in [9.17, 15) is 10.1 Å². The third-order valence-electron chi connectivity index (χ3n) is 6.03. The van der Waals surface area contributed by atoms with Crippen molar-refractivity contribution in [3.63, 3.8) is 0 Å². The predicted molar refractivity (Wildman–Crippen MR) is 136 cm³/mol. The van der Waals surface area contributed by atoms with E-state index in [-0.39, 0.29) is 5.78 Å². The summed E-state index contributed by atoms with van der Waals surface area (Å²) >= 11 is 3.30. The molecule has 6 rings (SSSR count). The van der Waals surface area contributed by atoms with E-state index in [2.05, 4.69) is 47.0 Å². The van der Waals surface area contributed by atoms with Crippen molar-refractivity contribution >= 4 is 60.5 Å². The molecular weight excluding hydrogens is 446 g/mol.